The molecule has 1 atom stereocenters. The highest BCUT2D eigenvalue weighted by Crippen LogP contribution is 2.19. The highest BCUT2D eigenvalue weighted by molar-refractivity contribution is 5.98. The lowest BCUT2D eigenvalue weighted by Crippen LogP contribution is -2.43. The number of Topliss-reactive ketones (excluding diaryl/α,β-unsaturated/α-hetero) is 1. The minimum atomic E-state index is -0.448. The summed E-state index contributed by atoms with van der Waals surface area (Å²) in [7, 11) is 0. The number of aryl methyl sites for hydroxylation is 1. The Morgan fingerprint density at radius 2 is 1.79 bits per heavy atom. The molecule has 33 heavy (non-hydrogen) atoms. The predicted octanol–water partition coefficient (Wildman–Crippen LogP) is 3.26. The van der Waals surface area contributed by atoms with E-state index < -0.39 is 11.9 Å². The third-order valence-electron chi connectivity index (χ3n) is 5.65. The van der Waals surface area contributed by atoms with Gasteiger partial charge in [-0.15, -0.1) is 0 Å². The summed E-state index contributed by atoms with van der Waals surface area (Å²) in [5, 5.41) is 8.86. The number of hydrogen-bond acceptors (Lipinski definition) is 7. The highest BCUT2D eigenvalue weighted by atomic mass is 17.2. The van der Waals surface area contributed by atoms with Crippen LogP contribution < -0.4 is 0 Å². The van der Waals surface area contributed by atoms with Crippen LogP contribution in [0.2, 0.25) is 0 Å². The van der Waals surface area contributed by atoms with E-state index in [0.717, 1.165) is 5.56 Å². The van der Waals surface area contributed by atoms with Gasteiger partial charge in [0.25, 0.3) is 0 Å². The first-order valence-corrected chi connectivity index (χ1v) is 11.0. The minimum Gasteiger partial charge on any atom is -0.342 e. The van der Waals surface area contributed by atoms with E-state index in [-0.39, 0.29) is 30.6 Å². The lowest BCUT2D eigenvalue weighted by molar-refractivity contribution is -0.303. The molecule has 0 saturated carbocycles. The second-order valence-electron chi connectivity index (χ2n) is 8.15. The van der Waals surface area contributed by atoms with Crippen LogP contribution in [0.5, 0.6) is 0 Å². The van der Waals surface area contributed by atoms with Crippen LogP contribution in [0.1, 0.15) is 54.1 Å². The number of likely N-dealkylation sites (tertiary alicyclic amines) is 1. The first-order chi connectivity index (χ1) is 16.0. The van der Waals surface area contributed by atoms with Crippen LogP contribution in [-0.4, -0.2) is 46.7 Å². The molecule has 2 heterocycles. The topological polar surface area (TPSA) is 110 Å². The number of nitrogens with zero attached hydrogens (tertiary/aromatic N) is 3. The van der Waals surface area contributed by atoms with Crippen LogP contribution in [-0.2, 0) is 25.8 Å². The van der Waals surface area contributed by atoms with E-state index in [1.165, 1.54) is 0 Å². The van der Waals surface area contributed by atoms with E-state index in [0.29, 0.717) is 43.5 Å². The molecular weight excluding hydrogens is 422 g/mol. The number of nitriles is 1. The van der Waals surface area contributed by atoms with Gasteiger partial charge in [0.15, 0.2) is 5.78 Å². The van der Waals surface area contributed by atoms with Crippen molar-refractivity contribution < 1.29 is 24.2 Å². The number of carbonyl (C=O) groups excluding carboxylic acids is 3. The Labute approximate surface area is 193 Å². The second-order valence-corrected chi connectivity index (χ2v) is 8.15. The summed E-state index contributed by atoms with van der Waals surface area (Å²) in [6.45, 7) is 2.71. The number of rotatable bonds is 9. The van der Waals surface area contributed by atoms with Crippen molar-refractivity contribution in [2.45, 2.75) is 45.1 Å². The van der Waals surface area contributed by atoms with Gasteiger partial charge in [0.05, 0.1) is 18.1 Å². The van der Waals surface area contributed by atoms with Crippen molar-refractivity contribution >= 4 is 17.7 Å². The number of aromatic nitrogens is 1. The van der Waals surface area contributed by atoms with Crippen molar-refractivity contribution in [2.24, 2.45) is 5.92 Å². The molecule has 1 saturated heterocycles. The van der Waals surface area contributed by atoms with Gasteiger partial charge in [0.2, 0.25) is 5.91 Å². The van der Waals surface area contributed by atoms with Crippen LogP contribution in [0.3, 0.4) is 0 Å². The third-order valence-corrected chi connectivity index (χ3v) is 5.65. The zero-order valence-electron chi connectivity index (χ0n) is 18.6. The van der Waals surface area contributed by atoms with Crippen molar-refractivity contribution in [3.8, 4) is 6.07 Å². The Kier molecular flexibility index (Phi) is 8.67. The van der Waals surface area contributed by atoms with Gasteiger partial charge in [-0.3, -0.25) is 19.5 Å². The number of ketones is 1. The first kappa shape index (κ1) is 24.1. The average Bonchev–Trinajstić information content (AvgIpc) is 2.86. The SMILES string of the molecule is CC(CC(=O)c1ccc(C#N)cc1)C(=O)N1CCC(OOC(=O)CCc2ccncc2)CC1. The van der Waals surface area contributed by atoms with Gasteiger partial charge in [0, 0.05) is 43.4 Å². The van der Waals surface area contributed by atoms with Crippen molar-refractivity contribution in [1.82, 2.24) is 9.88 Å². The minimum absolute atomic E-state index is 0.0789. The molecule has 2 aromatic rings. The Hall–Kier alpha value is -3.57. The Morgan fingerprint density at radius 3 is 2.42 bits per heavy atom. The van der Waals surface area contributed by atoms with Gasteiger partial charge in [0.1, 0.15) is 6.10 Å². The Morgan fingerprint density at radius 1 is 1.12 bits per heavy atom. The fraction of sp³-hybridized carbons (Fsp3) is 0.400. The average molecular weight is 450 g/mol. The van der Waals surface area contributed by atoms with Gasteiger partial charge >= 0.3 is 5.97 Å². The maximum absolute atomic E-state index is 12.8. The lowest BCUT2D eigenvalue weighted by atomic mass is 9.97. The molecule has 0 bridgehead atoms. The second kappa shape index (κ2) is 11.9. The molecule has 1 fully saturated rings. The van der Waals surface area contributed by atoms with E-state index in [1.807, 2.05) is 18.2 Å². The molecule has 1 aromatic heterocycles. The molecular formula is C25H27N3O5. The molecule has 8 heteroatoms. The van der Waals surface area contributed by atoms with Crippen molar-refractivity contribution in [3.63, 3.8) is 0 Å². The molecule has 172 valence electrons. The molecule has 1 unspecified atom stereocenters. The summed E-state index contributed by atoms with van der Waals surface area (Å²) >= 11 is 0. The summed E-state index contributed by atoms with van der Waals surface area (Å²) in [6, 6.07) is 12.1. The molecule has 1 amide bonds. The lowest BCUT2D eigenvalue weighted by Gasteiger charge is -2.32. The fourth-order valence-electron chi connectivity index (χ4n) is 3.66. The number of hydrogen-bond donors (Lipinski definition) is 0. The van der Waals surface area contributed by atoms with Gasteiger partial charge in [-0.25, -0.2) is 4.79 Å². The standard InChI is InChI=1S/C25H27N3O5/c1-18(16-23(29)21-5-2-20(17-26)3-6-21)25(31)28-14-10-22(11-15-28)32-33-24(30)7-4-19-8-12-27-13-9-19/h2-3,5-6,8-9,12-13,18,22H,4,7,10-11,14-16H2,1H3. The number of carbonyl (C=O) groups is 3. The number of benzene rings is 1. The smallest absolute Gasteiger partial charge is 0.342 e. The molecule has 0 N–H and O–H groups in total. The Balaban J connectivity index is 1.36. The summed E-state index contributed by atoms with van der Waals surface area (Å²) < 4.78 is 0. The van der Waals surface area contributed by atoms with E-state index in [2.05, 4.69) is 4.98 Å². The molecule has 1 aliphatic rings. The normalized spacial score (nSPS) is 14.8. The molecule has 0 aliphatic carbocycles. The quantitative estimate of drug-likeness (QED) is 0.328. The van der Waals surface area contributed by atoms with Gasteiger partial charge in [-0.1, -0.05) is 19.1 Å². The van der Waals surface area contributed by atoms with E-state index in [4.69, 9.17) is 15.0 Å². The molecule has 8 nitrogen and oxygen atoms in total. The first-order valence-electron chi connectivity index (χ1n) is 11.0. The molecule has 3 rings (SSSR count). The zero-order valence-corrected chi connectivity index (χ0v) is 18.6. The predicted molar refractivity (Wildman–Crippen MR) is 119 cm³/mol. The van der Waals surface area contributed by atoms with Crippen LogP contribution in [0.15, 0.2) is 48.8 Å². The number of amides is 1. The molecule has 0 radical (unpaired) electrons. The largest absolute Gasteiger partial charge is 0.342 e. The maximum Gasteiger partial charge on any atom is 0.342 e. The summed E-state index contributed by atoms with van der Waals surface area (Å²) in [6.07, 6.45) is 5.08. The summed E-state index contributed by atoms with van der Waals surface area (Å²) in [5.74, 6) is -1.08. The summed E-state index contributed by atoms with van der Waals surface area (Å²) in [4.78, 5) is 53.0. The van der Waals surface area contributed by atoms with Crippen LogP contribution >= 0.6 is 0 Å². The number of pyridine rings is 1. The van der Waals surface area contributed by atoms with Crippen molar-refractivity contribution in [1.29, 1.82) is 5.26 Å². The van der Waals surface area contributed by atoms with E-state index in [9.17, 15) is 14.4 Å². The maximum atomic E-state index is 12.8. The van der Waals surface area contributed by atoms with Crippen LogP contribution in [0, 0.1) is 17.2 Å². The molecule has 1 aromatic carbocycles. The summed E-state index contributed by atoms with van der Waals surface area (Å²) in [5.41, 5.74) is 1.98. The van der Waals surface area contributed by atoms with Gasteiger partial charge < -0.3 is 4.90 Å². The van der Waals surface area contributed by atoms with Gasteiger partial charge in [-0.05, 0) is 49.1 Å². The molecule has 0 spiro atoms. The van der Waals surface area contributed by atoms with Crippen LogP contribution in [0.25, 0.3) is 0 Å². The fourth-order valence-corrected chi connectivity index (χ4v) is 3.66. The van der Waals surface area contributed by atoms with Gasteiger partial charge in [-0.2, -0.15) is 10.1 Å². The highest BCUT2D eigenvalue weighted by Gasteiger charge is 2.28. The Bertz CT molecular complexity index is 993. The van der Waals surface area contributed by atoms with Crippen LogP contribution in [0.4, 0.5) is 0 Å². The zero-order chi connectivity index (χ0) is 23.6. The van der Waals surface area contributed by atoms with Crippen molar-refractivity contribution in [3.05, 3.63) is 65.5 Å². The molecule has 1 aliphatic heterocycles. The van der Waals surface area contributed by atoms with E-state index in [1.54, 1.807) is 48.5 Å². The monoisotopic (exact) mass is 449 g/mol. The third kappa shape index (κ3) is 7.22. The number of piperidine rings is 1. The van der Waals surface area contributed by atoms with Crippen molar-refractivity contribution in [2.75, 3.05) is 13.1 Å². The van der Waals surface area contributed by atoms with E-state index >= 15 is 0 Å².